The van der Waals surface area contributed by atoms with Gasteiger partial charge >= 0.3 is 11.9 Å². The maximum absolute atomic E-state index is 11.1. The fourth-order valence-electron chi connectivity index (χ4n) is 1.62. The van der Waals surface area contributed by atoms with Gasteiger partial charge < -0.3 is 14.6 Å². The van der Waals surface area contributed by atoms with E-state index in [0.29, 0.717) is 24.9 Å². The van der Waals surface area contributed by atoms with E-state index in [2.05, 4.69) is 0 Å². The van der Waals surface area contributed by atoms with Crippen molar-refractivity contribution in [1.29, 1.82) is 0 Å². The Morgan fingerprint density at radius 2 is 2.05 bits per heavy atom. The number of methoxy groups -OCH3 is 1. The van der Waals surface area contributed by atoms with Crippen LogP contribution in [0.15, 0.2) is 12.1 Å². The highest BCUT2D eigenvalue weighted by Crippen LogP contribution is 2.25. The number of rotatable bonds is 6. The van der Waals surface area contributed by atoms with Gasteiger partial charge in [0.25, 0.3) is 0 Å². The Morgan fingerprint density at radius 3 is 2.53 bits per heavy atom. The predicted molar refractivity (Wildman–Crippen MR) is 65.7 cm³/mol. The van der Waals surface area contributed by atoms with Gasteiger partial charge in [-0.3, -0.25) is 9.59 Å². The van der Waals surface area contributed by atoms with Gasteiger partial charge in [-0.2, -0.15) is 0 Å². The molecule has 0 spiro atoms. The molecule has 1 aromatic carbocycles. The third-order valence-electron chi connectivity index (χ3n) is 2.38. The summed E-state index contributed by atoms with van der Waals surface area (Å²) in [5.41, 5.74) is 0.314. The first-order chi connectivity index (χ1) is 8.99. The number of carboxylic acids is 1. The van der Waals surface area contributed by atoms with Crippen LogP contribution in [0, 0.1) is 0 Å². The van der Waals surface area contributed by atoms with E-state index in [1.54, 1.807) is 0 Å². The molecule has 19 heavy (non-hydrogen) atoms. The first kappa shape index (κ1) is 14.8. The van der Waals surface area contributed by atoms with Crippen LogP contribution in [0.4, 0.5) is 0 Å². The van der Waals surface area contributed by atoms with Crippen LogP contribution in [0.2, 0.25) is 0 Å². The van der Waals surface area contributed by atoms with Gasteiger partial charge in [0.1, 0.15) is 11.3 Å². The van der Waals surface area contributed by atoms with Gasteiger partial charge in [0, 0.05) is 19.6 Å². The van der Waals surface area contributed by atoms with E-state index in [1.165, 1.54) is 19.2 Å². The number of ether oxygens (including phenoxy) is 2. The summed E-state index contributed by atoms with van der Waals surface area (Å²) in [7, 11) is 1.53. The molecule has 6 nitrogen and oxygen atoms in total. The minimum absolute atomic E-state index is 0.0302. The lowest BCUT2D eigenvalue weighted by atomic mass is 10.0. The van der Waals surface area contributed by atoms with E-state index in [-0.39, 0.29) is 16.9 Å². The van der Waals surface area contributed by atoms with Crippen LogP contribution in [0.25, 0.3) is 0 Å². The number of aromatic carboxylic acids is 1. The van der Waals surface area contributed by atoms with E-state index in [0.717, 1.165) is 6.92 Å². The molecule has 0 unspecified atom stereocenters. The third-order valence-corrected chi connectivity index (χ3v) is 2.38. The van der Waals surface area contributed by atoms with Gasteiger partial charge in [-0.05, 0) is 24.1 Å². The molecule has 0 amide bonds. The van der Waals surface area contributed by atoms with Crippen LogP contribution < -0.4 is 4.74 Å². The normalized spacial score (nSPS) is 10.0. The molecule has 1 rings (SSSR count). The number of carbonyl (C=O) groups is 3. The van der Waals surface area contributed by atoms with E-state index >= 15 is 0 Å². The second-order valence-electron chi connectivity index (χ2n) is 3.82. The van der Waals surface area contributed by atoms with Crippen LogP contribution in [0.5, 0.6) is 5.75 Å². The zero-order valence-corrected chi connectivity index (χ0v) is 10.6. The van der Waals surface area contributed by atoms with Gasteiger partial charge in [-0.15, -0.1) is 0 Å². The fourth-order valence-corrected chi connectivity index (χ4v) is 1.62. The summed E-state index contributed by atoms with van der Waals surface area (Å²) in [4.78, 5) is 33.1. The van der Waals surface area contributed by atoms with Crippen molar-refractivity contribution < 1.29 is 29.0 Å². The quantitative estimate of drug-likeness (QED) is 0.474. The molecule has 0 aliphatic heterocycles. The van der Waals surface area contributed by atoms with Crippen molar-refractivity contribution >= 4 is 18.2 Å². The lowest BCUT2D eigenvalue weighted by molar-refractivity contribution is -0.131. The van der Waals surface area contributed by atoms with E-state index in [1.807, 2.05) is 0 Å². The Labute approximate surface area is 109 Å². The Kier molecular flexibility index (Phi) is 5.20. The monoisotopic (exact) mass is 266 g/mol. The molecule has 1 aromatic rings. The number of hydrogen-bond acceptors (Lipinski definition) is 5. The minimum Gasteiger partial charge on any atom is -0.478 e. The Balaban J connectivity index is 3.31. The van der Waals surface area contributed by atoms with Crippen LogP contribution in [0.3, 0.4) is 0 Å². The van der Waals surface area contributed by atoms with E-state index < -0.39 is 11.9 Å². The first-order valence-corrected chi connectivity index (χ1v) is 5.52. The molecular formula is C13H14O6. The molecule has 0 fully saturated rings. The van der Waals surface area contributed by atoms with Crippen molar-refractivity contribution in [1.82, 2.24) is 0 Å². The summed E-state index contributed by atoms with van der Waals surface area (Å²) in [6, 6.07) is 2.87. The van der Waals surface area contributed by atoms with Crippen molar-refractivity contribution in [3.8, 4) is 5.75 Å². The van der Waals surface area contributed by atoms with Crippen LogP contribution >= 0.6 is 0 Å². The second kappa shape index (κ2) is 6.65. The van der Waals surface area contributed by atoms with E-state index in [4.69, 9.17) is 14.6 Å². The summed E-state index contributed by atoms with van der Waals surface area (Å²) in [6.45, 7) is 1.57. The van der Waals surface area contributed by atoms with Gasteiger partial charge in [0.05, 0.1) is 6.61 Å². The lowest BCUT2D eigenvalue weighted by Gasteiger charge is -2.11. The molecular weight excluding hydrogens is 252 g/mol. The summed E-state index contributed by atoms with van der Waals surface area (Å²) in [6.07, 6.45) is 0.901. The van der Waals surface area contributed by atoms with Crippen molar-refractivity contribution in [2.45, 2.75) is 13.3 Å². The minimum atomic E-state index is -1.32. The van der Waals surface area contributed by atoms with Crippen LogP contribution in [-0.2, 0) is 16.0 Å². The van der Waals surface area contributed by atoms with E-state index in [9.17, 15) is 14.4 Å². The molecule has 0 atom stereocenters. The van der Waals surface area contributed by atoms with Crippen molar-refractivity contribution in [3.05, 3.63) is 28.8 Å². The summed E-state index contributed by atoms with van der Waals surface area (Å²) in [5, 5.41) is 9.08. The molecule has 0 radical (unpaired) electrons. The first-order valence-electron chi connectivity index (χ1n) is 5.52. The Hall–Kier alpha value is -2.21. The predicted octanol–water partition coefficient (Wildman–Crippen LogP) is 1.31. The fraction of sp³-hybridized carbons (Fsp3) is 0.308. The maximum atomic E-state index is 11.1. The number of esters is 1. The molecule has 0 bridgehead atoms. The number of benzene rings is 1. The van der Waals surface area contributed by atoms with Gasteiger partial charge in [-0.1, -0.05) is 0 Å². The van der Waals surface area contributed by atoms with Gasteiger partial charge in [0.15, 0.2) is 6.29 Å². The molecule has 0 aliphatic rings. The number of carboxylic acid groups (broad SMARTS) is 1. The summed E-state index contributed by atoms with van der Waals surface area (Å²) in [5.74, 6) is -2.10. The smallest absolute Gasteiger partial charge is 0.340 e. The maximum Gasteiger partial charge on any atom is 0.340 e. The Morgan fingerprint density at radius 1 is 1.37 bits per heavy atom. The standard InChI is InChI=1S/C13H14O6/c1-8(15)19-11-6-9(3-4-18-2)5-10(7-14)12(11)13(16)17/h5-7H,3-4H2,1-2H3,(H,16,17). The van der Waals surface area contributed by atoms with Crippen LogP contribution in [0.1, 0.15) is 33.2 Å². The number of hydrogen-bond donors (Lipinski definition) is 1. The average molecular weight is 266 g/mol. The topological polar surface area (TPSA) is 89.9 Å². The van der Waals surface area contributed by atoms with Crippen molar-refractivity contribution in [2.75, 3.05) is 13.7 Å². The van der Waals surface area contributed by atoms with Crippen molar-refractivity contribution in [2.24, 2.45) is 0 Å². The molecule has 102 valence electrons. The highest BCUT2D eigenvalue weighted by atomic mass is 16.5. The zero-order chi connectivity index (χ0) is 14.4. The molecule has 6 heteroatoms. The SMILES string of the molecule is COCCc1cc(C=O)c(C(=O)O)c(OC(C)=O)c1. The number of carbonyl (C=O) groups excluding carboxylic acids is 2. The molecule has 0 saturated heterocycles. The van der Waals surface area contributed by atoms with Crippen molar-refractivity contribution in [3.63, 3.8) is 0 Å². The highest BCUT2D eigenvalue weighted by molar-refractivity contribution is 6.00. The second-order valence-corrected chi connectivity index (χ2v) is 3.82. The molecule has 0 aliphatic carbocycles. The summed E-state index contributed by atoms with van der Waals surface area (Å²) >= 11 is 0. The van der Waals surface area contributed by atoms with Gasteiger partial charge in [0.2, 0.25) is 0 Å². The van der Waals surface area contributed by atoms with Gasteiger partial charge in [-0.25, -0.2) is 4.79 Å². The lowest BCUT2D eigenvalue weighted by Crippen LogP contribution is -2.11. The average Bonchev–Trinajstić information content (AvgIpc) is 2.34. The largest absolute Gasteiger partial charge is 0.478 e. The molecule has 0 heterocycles. The summed E-state index contributed by atoms with van der Waals surface area (Å²) < 4.78 is 9.76. The van der Waals surface area contributed by atoms with Crippen LogP contribution in [-0.4, -0.2) is 37.0 Å². The molecule has 0 aromatic heterocycles. The third kappa shape index (κ3) is 3.89. The highest BCUT2D eigenvalue weighted by Gasteiger charge is 2.19. The molecule has 1 N–H and O–H groups in total. The zero-order valence-electron chi connectivity index (χ0n) is 10.6. The number of aldehydes is 1. The molecule has 0 saturated carbocycles. The Bertz CT molecular complexity index is 506.